The summed E-state index contributed by atoms with van der Waals surface area (Å²) in [6.45, 7) is 2.19. The molecule has 9 heteroatoms. The standard InChI is InChI=1S/C18H21N5O3S/c1-21(12-13-7-6-10-26-13)16(25)14-11-15(24)19-17-23(14)20-18(27-17)22-8-4-2-3-5-9-22/h6-7,10-11H,2-5,8-9,12H2,1H3. The fourth-order valence-electron chi connectivity index (χ4n) is 3.25. The Hall–Kier alpha value is -2.68. The summed E-state index contributed by atoms with van der Waals surface area (Å²) < 4.78 is 6.79. The second kappa shape index (κ2) is 7.51. The Labute approximate surface area is 160 Å². The van der Waals surface area contributed by atoms with Gasteiger partial charge in [0.2, 0.25) is 10.1 Å². The maximum Gasteiger partial charge on any atom is 0.274 e. The molecule has 0 aliphatic carbocycles. The third kappa shape index (κ3) is 3.73. The smallest absolute Gasteiger partial charge is 0.274 e. The van der Waals surface area contributed by atoms with Crippen molar-refractivity contribution < 1.29 is 9.21 Å². The third-order valence-corrected chi connectivity index (χ3v) is 5.63. The molecule has 1 aliphatic rings. The van der Waals surface area contributed by atoms with Gasteiger partial charge in [0.1, 0.15) is 11.5 Å². The molecule has 4 heterocycles. The first-order valence-electron chi connectivity index (χ1n) is 9.05. The van der Waals surface area contributed by atoms with Gasteiger partial charge in [0.15, 0.2) is 0 Å². The van der Waals surface area contributed by atoms with Gasteiger partial charge in [-0.05, 0) is 25.0 Å². The summed E-state index contributed by atoms with van der Waals surface area (Å²) in [4.78, 5) is 33.2. The second-order valence-electron chi connectivity index (χ2n) is 6.70. The van der Waals surface area contributed by atoms with E-state index in [4.69, 9.17) is 4.42 Å². The van der Waals surface area contributed by atoms with E-state index in [0.717, 1.165) is 31.1 Å². The van der Waals surface area contributed by atoms with Crippen LogP contribution in [0.2, 0.25) is 0 Å². The van der Waals surface area contributed by atoms with Crippen molar-refractivity contribution in [1.29, 1.82) is 0 Å². The van der Waals surface area contributed by atoms with E-state index in [1.165, 1.54) is 39.7 Å². The van der Waals surface area contributed by atoms with E-state index in [-0.39, 0.29) is 11.6 Å². The molecule has 0 spiro atoms. The van der Waals surface area contributed by atoms with E-state index in [0.29, 0.717) is 17.3 Å². The van der Waals surface area contributed by atoms with E-state index in [2.05, 4.69) is 15.0 Å². The van der Waals surface area contributed by atoms with Crippen LogP contribution in [0.1, 0.15) is 41.9 Å². The number of amides is 1. The summed E-state index contributed by atoms with van der Waals surface area (Å²) in [6, 6.07) is 4.83. The number of aromatic nitrogens is 3. The summed E-state index contributed by atoms with van der Waals surface area (Å²) in [6.07, 6.45) is 6.26. The van der Waals surface area contributed by atoms with E-state index in [1.54, 1.807) is 25.4 Å². The van der Waals surface area contributed by atoms with Crippen LogP contribution in [0.5, 0.6) is 0 Å². The van der Waals surface area contributed by atoms with Crippen LogP contribution in [0.4, 0.5) is 5.13 Å². The first kappa shape index (κ1) is 17.7. The molecular formula is C18H21N5O3S. The number of furan rings is 1. The molecule has 3 aromatic rings. The minimum atomic E-state index is -0.434. The molecule has 0 aromatic carbocycles. The number of carbonyl (C=O) groups excluding carboxylic acids is 1. The van der Waals surface area contributed by atoms with Gasteiger partial charge in [0.05, 0.1) is 12.8 Å². The molecule has 27 heavy (non-hydrogen) atoms. The molecule has 4 rings (SSSR count). The molecule has 1 fully saturated rings. The zero-order chi connectivity index (χ0) is 18.8. The van der Waals surface area contributed by atoms with E-state index < -0.39 is 5.56 Å². The number of anilines is 1. The van der Waals surface area contributed by atoms with Crippen molar-refractivity contribution in [3.05, 3.63) is 46.3 Å². The fourth-order valence-corrected chi connectivity index (χ4v) is 4.21. The molecule has 1 amide bonds. The van der Waals surface area contributed by atoms with E-state index in [9.17, 15) is 9.59 Å². The predicted molar refractivity (Wildman–Crippen MR) is 102 cm³/mol. The van der Waals surface area contributed by atoms with Crippen LogP contribution >= 0.6 is 11.3 Å². The maximum absolute atomic E-state index is 12.9. The van der Waals surface area contributed by atoms with Crippen LogP contribution in [0.25, 0.3) is 4.96 Å². The lowest BCUT2D eigenvalue weighted by Gasteiger charge is -2.18. The largest absolute Gasteiger partial charge is 0.467 e. The Kier molecular flexibility index (Phi) is 4.93. The predicted octanol–water partition coefficient (Wildman–Crippen LogP) is 2.40. The zero-order valence-corrected chi connectivity index (χ0v) is 15.9. The van der Waals surface area contributed by atoms with Gasteiger partial charge in [-0.25, -0.2) is 0 Å². The fraction of sp³-hybridized carbons (Fsp3) is 0.444. The van der Waals surface area contributed by atoms with Crippen LogP contribution in [0.15, 0.2) is 33.7 Å². The summed E-state index contributed by atoms with van der Waals surface area (Å²) in [5.74, 6) is 0.376. The molecular weight excluding hydrogens is 366 g/mol. The Morgan fingerprint density at radius 2 is 2.07 bits per heavy atom. The summed E-state index contributed by atoms with van der Waals surface area (Å²) in [5, 5.41) is 5.41. The molecule has 1 saturated heterocycles. The maximum atomic E-state index is 12.9. The number of hydrogen-bond acceptors (Lipinski definition) is 7. The molecule has 0 bridgehead atoms. The quantitative estimate of drug-likeness (QED) is 0.683. The number of nitrogens with zero attached hydrogens (tertiary/aromatic N) is 5. The monoisotopic (exact) mass is 387 g/mol. The van der Waals surface area contributed by atoms with E-state index >= 15 is 0 Å². The van der Waals surface area contributed by atoms with Gasteiger partial charge in [0.25, 0.3) is 11.5 Å². The van der Waals surface area contributed by atoms with Gasteiger partial charge < -0.3 is 14.2 Å². The van der Waals surface area contributed by atoms with Crippen molar-refractivity contribution in [2.24, 2.45) is 0 Å². The highest BCUT2D eigenvalue weighted by molar-refractivity contribution is 7.20. The van der Waals surface area contributed by atoms with Crippen molar-refractivity contribution in [1.82, 2.24) is 19.5 Å². The van der Waals surface area contributed by atoms with Crippen LogP contribution < -0.4 is 10.5 Å². The van der Waals surface area contributed by atoms with Crippen molar-refractivity contribution in [3.8, 4) is 0 Å². The lowest BCUT2D eigenvalue weighted by Crippen LogP contribution is -2.30. The highest BCUT2D eigenvalue weighted by atomic mass is 32.1. The van der Waals surface area contributed by atoms with Gasteiger partial charge in [-0.1, -0.05) is 24.2 Å². The molecule has 0 saturated carbocycles. The molecule has 0 atom stereocenters. The third-order valence-electron chi connectivity index (χ3n) is 4.66. The van der Waals surface area contributed by atoms with Gasteiger partial charge in [0, 0.05) is 26.2 Å². The van der Waals surface area contributed by atoms with Crippen molar-refractivity contribution in [3.63, 3.8) is 0 Å². The van der Waals surface area contributed by atoms with E-state index in [1.807, 2.05) is 0 Å². The van der Waals surface area contributed by atoms with Crippen LogP contribution in [-0.4, -0.2) is 45.5 Å². The average Bonchev–Trinajstić information content (AvgIpc) is 3.23. The first-order chi connectivity index (χ1) is 13.1. The van der Waals surface area contributed by atoms with Gasteiger partial charge in [-0.2, -0.15) is 9.50 Å². The highest BCUT2D eigenvalue weighted by Gasteiger charge is 2.22. The topological polar surface area (TPSA) is 84.0 Å². The summed E-state index contributed by atoms with van der Waals surface area (Å²) in [5.41, 5.74) is -0.216. The van der Waals surface area contributed by atoms with Gasteiger partial charge in [-0.15, -0.1) is 5.10 Å². The molecule has 8 nitrogen and oxygen atoms in total. The first-order valence-corrected chi connectivity index (χ1v) is 9.87. The highest BCUT2D eigenvalue weighted by Crippen LogP contribution is 2.25. The molecule has 0 unspecified atom stereocenters. The molecule has 1 aliphatic heterocycles. The normalized spacial score (nSPS) is 15.1. The van der Waals surface area contributed by atoms with Crippen LogP contribution in [0, 0.1) is 0 Å². The molecule has 0 N–H and O–H groups in total. The Balaban J connectivity index is 1.67. The van der Waals surface area contributed by atoms with Gasteiger partial charge >= 0.3 is 0 Å². The zero-order valence-electron chi connectivity index (χ0n) is 15.1. The molecule has 0 radical (unpaired) electrons. The van der Waals surface area contributed by atoms with Gasteiger partial charge in [-0.3, -0.25) is 9.59 Å². The second-order valence-corrected chi connectivity index (χ2v) is 7.63. The molecule has 3 aromatic heterocycles. The summed E-state index contributed by atoms with van der Waals surface area (Å²) in [7, 11) is 1.67. The van der Waals surface area contributed by atoms with Crippen molar-refractivity contribution in [2.75, 3.05) is 25.0 Å². The minimum Gasteiger partial charge on any atom is -0.467 e. The Morgan fingerprint density at radius 3 is 2.78 bits per heavy atom. The van der Waals surface area contributed by atoms with Crippen molar-refractivity contribution in [2.45, 2.75) is 32.2 Å². The number of carbonyl (C=O) groups is 1. The number of fused-ring (bicyclic) bond motifs is 1. The number of hydrogen-bond donors (Lipinski definition) is 0. The summed E-state index contributed by atoms with van der Waals surface area (Å²) >= 11 is 1.35. The Bertz CT molecular complexity index is 986. The van der Waals surface area contributed by atoms with Crippen LogP contribution in [-0.2, 0) is 6.54 Å². The minimum absolute atomic E-state index is 0.219. The van der Waals surface area contributed by atoms with Crippen LogP contribution in [0.3, 0.4) is 0 Å². The average molecular weight is 387 g/mol. The lowest BCUT2D eigenvalue weighted by molar-refractivity contribution is 0.0766. The van der Waals surface area contributed by atoms with Crippen molar-refractivity contribution >= 4 is 27.3 Å². The lowest BCUT2D eigenvalue weighted by atomic mass is 10.2. The molecule has 142 valence electrons. The number of rotatable bonds is 4. The Morgan fingerprint density at radius 1 is 1.30 bits per heavy atom. The SMILES string of the molecule is CN(Cc1ccco1)C(=O)c1cc(=O)nc2sc(N3CCCCCC3)nn12.